The summed E-state index contributed by atoms with van der Waals surface area (Å²) in [6.07, 6.45) is 1.03. The van der Waals surface area contributed by atoms with Crippen LogP contribution in [0.2, 0.25) is 10.0 Å². The molecule has 0 aliphatic heterocycles. The Bertz CT molecular complexity index is 1010. The lowest BCUT2D eigenvalue weighted by Crippen LogP contribution is -2.43. The number of aromatic nitrogens is 3. The second-order valence-electron chi connectivity index (χ2n) is 5.73. The summed E-state index contributed by atoms with van der Waals surface area (Å²) < 4.78 is 30.7. The fraction of sp³-hybridized carbons (Fsp3) is 0.188. The largest absolute Gasteiger partial charge is 0.334 e. The SMILES string of the molecule is Cc1nn(Cc2c(Cl)cccc2Cl)c2cc(C(F)(F)/C(=N/N)NN)cnc12. The van der Waals surface area contributed by atoms with Crippen LogP contribution in [0.25, 0.3) is 11.0 Å². The molecule has 3 aromatic rings. The molecule has 0 atom stereocenters. The van der Waals surface area contributed by atoms with E-state index >= 15 is 0 Å². The Balaban J connectivity index is 2.13. The first-order chi connectivity index (χ1) is 12.8. The minimum absolute atomic E-state index is 0.187. The summed E-state index contributed by atoms with van der Waals surface area (Å²) >= 11 is 12.4. The van der Waals surface area contributed by atoms with Crippen LogP contribution >= 0.6 is 23.2 Å². The average molecular weight is 414 g/mol. The van der Waals surface area contributed by atoms with Gasteiger partial charge in [0.15, 0.2) is 0 Å². The van der Waals surface area contributed by atoms with Gasteiger partial charge < -0.3 is 11.3 Å². The number of hydrogen-bond acceptors (Lipinski definition) is 5. The number of nitrogens with zero attached hydrogens (tertiary/aromatic N) is 4. The van der Waals surface area contributed by atoms with Crippen LogP contribution < -0.4 is 17.1 Å². The molecular formula is C16H15Cl2F2N7. The van der Waals surface area contributed by atoms with Crippen LogP contribution in [0, 0.1) is 6.92 Å². The molecule has 3 rings (SSSR count). The highest BCUT2D eigenvalue weighted by Gasteiger charge is 2.39. The van der Waals surface area contributed by atoms with Crippen LogP contribution in [0.4, 0.5) is 8.78 Å². The molecule has 0 spiro atoms. The monoisotopic (exact) mass is 413 g/mol. The van der Waals surface area contributed by atoms with E-state index in [0.717, 1.165) is 6.20 Å². The first-order valence-electron chi connectivity index (χ1n) is 7.69. The smallest absolute Gasteiger partial charge is 0.321 e. The summed E-state index contributed by atoms with van der Waals surface area (Å²) in [4.78, 5) is 4.11. The number of pyridine rings is 1. The summed E-state index contributed by atoms with van der Waals surface area (Å²) in [7, 11) is 0. The molecule has 0 saturated heterocycles. The Hall–Kier alpha value is -2.49. The maximum atomic E-state index is 14.6. The van der Waals surface area contributed by atoms with Crippen LogP contribution in [0.3, 0.4) is 0 Å². The zero-order valence-electron chi connectivity index (χ0n) is 14.0. The minimum Gasteiger partial charge on any atom is -0.321 e. The van der Waals surface area contributed by atoms with Crippen LogP contribution in [-0.2, 0) is 12.5 Å². The highest BCUT2D eigenvalue weighted by Crippen LogP contribution is 2.32. The van der Waals surface area contributed by atoms with Crippen molar-refractivity contribution in [2.24, 2.45) is 16.8 Å². The van der Waals surface area contributed by atoms with Gasteiger partial charge in [0, 0.05) is 27.4 Å². The number of alkyl halides is 2. The molecule has 0 saturated carbocycles. The van der Waals surface area contributed by atoms with Gasteiger partial charge in [0.2, 0.25) is 5.84 Å². The molecule has 0 radical (unpaired) electrons. The Morgan fingerprint density at radius 3 is 2.59 bits per heavy atom. The molecule has 0 amide bonds. The molecule has 7 nitrogen and oxygen atoms in total. The summed E-state index contributed by atoms with van der Waals surface area (Å²) in [5, 5.41) is 8.27. The first-order valence-corrected chi connectivity index (χ1v) is 8.44. The highest BCUT2D eigenvalue weighted by atomic mass is 35.5. The topological polar surface area (TPSA) is 107 Å². The molecular weight excluding hydrogens is 399 g/mol. The standard InChI is InChI=1S/C16H15Cl2F2N7/c1-8-14-13(5-9(6-23-14)16(19,20)15(24-21)25-22)27(26-8)7-10-11(17)3-2-4-12(10)18/h2-6H,7,21-22H2,1H3,(H,24,25). The minimum atomic E-state index is -3.56. The molecule has 2 heterocycles. The zero-order chi connectivity index (χ0) is 19.8. The van der Waals surface area contributed by atoms with Crippen LogP contribution in [-0.4, -0.2) is 20.6 Å². The van der Waals surface area contributed by atoms with E-state index in [0.29, 0.717) is 32.3 Å². The molecule has 142 valence electrons. The Morgan fingerprint density at radius 1 is 1.33 bits per heavy atom. The Morgan fingerprint density at radius 2 is 2.00 bits per heavy atom. The van der Waals surface area contributed by atoms with Crippen molar-refractivity contribution in [1.82, 2.24) is 20.2 Å². The van der Waals surface area contributed by atoms with Crippen molar-refractivity contribution in [2.75, 3.05) is 0 Å². The first kappa shape index (κ1) is 19.3. The number of fused-ring (bicyclic) bond motifs is 1. The third-order valence-corrected chi connectivity index (χ3v) is 4.76. The van der Waals surface area contributed by atoms with E-state index in [4.69, 9.17) is 34.9 Å². The Kier molecular flexibility index (Phi) is 5.18. The number of nitrogens with one attached hydrogen (secondary N) is 1. The highest BCUT2D eigenvalue weighted by molar-refractivity contribution is 6.36. The van der Waals surface area contributed by atoms with E-state index in [9.17, 15) is 8.78 Å². The van der Waals surface area contributed by atoms with Gasteiger partial charge in [-0.25, -0.2) is 5.84 Å². The molecule has 1 aromatic carbocycles. The third-order valence-electron chi connectivity index (χ3n) is 4.05. The lowest BCUT2D eigenvalue weighted by molar-refractivity contribution is 0.0710. The predicted molar refractivity (Wildman–Crippen MR) is 101 cm³/mol. The van der Waals surface area contributed by atoms with Crippen LogP contribution in [0.5, 0.6) is 0 Å². The van der Waals surface area contributed by atoms with E-state index in [1.165, 1.54) is 10.7 Å². The Labute approximate surface area is 162 Å². The lowest BCUT2D eigenvalue weighted by Gasteiger charge is -2.17. The van der Waals surface area contributed by atoms with Gasteiger partial charge in [0.25, 0.3) is 0 Å². The second-order valence-corrected chi connectivity index (χ2v) is 6.55. The van der Waals surface area contributed by atoms with Gasteiger partial charge in [-0.05, 0) is 25.1 Å². The van der Waals surface area contributed by atoms with E-state index in [1.807, 2.05) is 0 Å². The van der Waals surface area contributed by atoms with E-state index in [2.05, 4.69) is 15.2 Å². The number of aryl methyl sites for hydroxylation is 1. The van der Waals surface area contributed by atoms with Gasteiger partial charge in [-0.1, -0.05) is 29.3 Å². The van der Waals surface area contributed by atoms with Crippen LogP contribution in [0.1, 0.15) is 16.8 Å². The summed E-state index contributed by atoms with van der Waals surface area (Å²) in [5.74, 6) is 5.62. The summed E-state index contributed by atoms with van der Waals surface area (Å²) in [6, 6.07) is 6.36. The van der Waals surface area contributed by atoms with Crippen molar-refractivity contribution >= 4 is 40.1 Å². The molecule has 0 unspecified atom stereocenters. The van der Waals surface area contributed by atoms with Crippen molar-refractivity contribution in [1.29, 1.82) is 0 Å². The number of nitrogens with two attached hydrogens (primary N) is 2. The van der Waals surface area contributed by atoms with Crippen molar-refractivity contribution < 1.29 is 8.78 Å². The molecule has 0 aliphatic rings. The number of benzene rings is 1. The predicted octanol–water partition coefficient (Wildman–Crippen LogP) is 2.92. The fourth-order valence-corrected chi connectivity index (χ4v) is 3.20. The molecule has 0 aliphatic carbocycles. The van der Waals surface area contributed by atoms with Gasteiger partial charge in [0.05, 0.1) is 17.8 Å². The number of hydrazine groups is 1. The quantitative estimate of drug-likeness (QED) is 0.263. The lowest BCUT2D eigenvalue weighted by atomic mass is 10.1. The number of halogens is 4. The maximum absolute atomic E-state index is 14.6. The van der Waals surface area contributed by atoms with Crippen molar-refractivity contribution in [3.8, 4) is 0 Å². The van der Waals surface area contributed by atoms with Gasteiger partial charge in [-0.15, -0.1) is 0 Å². The molecule has 27 heavy (non-hydrogen) atoms. The van der Waals surface area contributed by atoms with Crippen molar-refractivity contribution in [3.63, 3.8) is 0 Å². The van der Waals surface area contributed by atoms with E-state index in [1.54, 1.807) is 30.5 Å². The van der Waals surface area contributed by atoms with Gasteiger partial charge in [0.1, 0.15) is 5.52 Å². The number of hydrogen-bond donors (Lipinski definition) is 3. The van der Waals surface area contributed by atoms with E-state index in [-0.39, 0.29) is 6.54 Å². The molecule has 0 fully saturated rings. The zero-order valence-corrected chi connectivity index (χ0v) is 15.6. The normalized spacial score (nSPS) is 12.6. The van der Waals surface area contributed by atoms with Gasteiger partial charge >= 0.3 is 5.92 Å². The van der Waals surface area contributed by atoms with Crippen molar-refractivity contribution in [3.05, 3.63) is 57.3 Å². The number of rotatable bonds is 4. The van der Waals surface area contributed by atoms with Crippen LogP contribution in [0.15, 0.2) is 35.6 Å². The molecule has 5 N–H and O–H groups in total. The van der Waals surface area contributed by atoms with Crippen molar-refractivity contribution in [2.45, 2.75) is 19.4 Å². The average Bonchev–Trinajstić information content (AvgIpc) is 2.94. The summed E-state index contributed by atoms with van der Waals surface area (Å²) in [5.41, 5.74) is 3.42. The maximum Gasteiger partial charge on any atom is 0.334 e. The van der Waals surface area contributed by atoms with Gasteiger partial charge in [-0.3, -0.25) is 9.67 Å². The van der Waals surface area contributed by atoms with Gasteiger partial charge in [-0.2, -0.15) is 19.0 Å². The molecule has 0 bridgehead atoms. The number of amidine groups is 1. The summed E-state index contributed by atoms with van der Waals surface area (Å²) in [6.45, 7) is 1.92. The fourth-order valence-electron chi connectivity index (χ4n) is 2.68. The third kappa shape index (κ3) is 3.41. The van der Waals surface area contributed by atoms with E-state index < -0.39 is 17.3 Å². The second kappa shape index (κ2) is 7.26. The molecule has 11 heteroatoms. The molecule has 2 aromatic heterocycles. The number of hydrazone groups is 1.